The van der Waals surface area contributed by atoms with Crippen molar-refractivity contribution in [3.63, 3.8) is 0 Å². The fraction of sp³-hybridized carbons (Fsp3) is 0.526. The number of hydrogen-bond donors (Lipinski definition) is 0. The highest BCUT2D eigenvalue weighted by Gasteiger charge is 2.46. The predicted molar refractivity (Wildman–Crippen MR) is 118 cm³/mol. The molecule has 0 fully saturated rings. The Morgan fingerprint density at radius 2 is 1.64 bits per heavy atom. The van der Waals surface area contributed by atoms with Gasteiger partial charge in [0.1, 0.15) is 10.9 Å². The maximum absolute atomic E-state index is 6.08. The SMILES string of the molecule is COc1cc(Cl)ncc1-c1cc(I)cn1[Si](C(C)C)(C(C)C)C(C)C. The van der Waals surface area contributed by atoms with Crippen LogP contribution in [0.25, 0.3) is 11.3 Å². The largest absolute Gasteiger partial charge is 0.496 e. The van der Waals surface area contributed by atoms with E-state index in [2.05, 4.69) is 85.6 Å². The minimum absolute atomic E-state index is 0.452. The minimum atomic E-state index is -1.86. The number of nitrogens with zero attached hydrogens (tertiary/aromatic N) is 2. The van der Waals surface area contributed by atoms with Crippen molar-refractivity contribution in [1.29, 1.82) is 0 Å². The zero-order valence-electron chi connectivity index (χ0n) is 16.1. The summed E-state index contributed by atoms with van der Waals surface area (Å²) in [4.78, 5) is 4.32. The van der Waals surface area contributed by atoms with E-state index < -0.39 is 8.24 Å². The summed E-state index contributed by atoms with van der Waals surface area (Å²) in [6, 6.07) is 4.04. The number of rotatable bonds is 6. The normalized spacial score (nSPS) is 12.5. The van der Waals surface area contributed by atoms with Gasteiger partial charge in [0.2, 0.25) is 0 Å². The van der Waals surface area contributed by atoms with E-state index in [1.165, 1.54) is 9.26 Å². The predicted octanol–water partition coefficient (Wildman–Crippen LogP) is 6.84. The Kier molecular flexibility index (Phi) is 6.65. The molecule has 0 amide bonds. The molecule has 0 aromatic carbocycles. The maximum Gasteiger partial charge on any atom is 0.169 e. The van der Waals surface area contributed by atoms with Gasteiger partial charge in [-0.25, -0.2) is 4.98 Å². The smallest absolute Gasteiger partial charge is 0.169 e. The average molecular weight is 491 g/mol. The van der Waals surface area contributed by atoms with E-state index in [-0.39, 0.29) is 0 Å². The maximum atomic E-state index is 6.08. The number of methoxy groups -OCH3 is 1. The summed E-state index contributed by atoms with van der Waals surface area (Å²) in [7, 11) is -0.178. The van der Waals surface area contributed by atoms with E-state index in [9.17, 15) is 0 Å². The molecule has 0 bridgehead atoms. The van der Waals surface area contributed by atoms with Crippen LogP contribution in [0.5, 0.6) is 5.75 Å². The number of aromatic nitrogens is 2. The third-order valence-electron chi connectivity index (χ3n) is 5.31. The Hall–Kier alpha value is -0.533. The second-order valence-corrected chi connectivity index (χ2v) is 14.8. The molecule has 25 heavy (non-hydrogen) atoms. The van der Waals surface area contributed by atoms with Crippen LogP contribution in [0.1, 0.15) is 41.5 Å². The minimum Gasteiger partial charge on any atom is -0.496 e. The second kappa shape index (κ2) is 8.01. The standard InChI is InChI=1S/C19H28ClIN2OSi/c1-12(2)25(13(3)4,14(5)6)23-11-15(21)8-17(23)16-10-22-19(20)9-18(16)24-7/h8-14H,1-7H3. The summed E-state index contributed by atoms with van der Waals surface area (Å²) >= 11 is 8.49. The van der Waals surface area contributed by atoms with E-state index in [1.54, 1.807) is 13.2 Å². The van der Waals surface area contributed by atoms with E-state index >= 15 is 0 Å². The second-order valence-electron chi connectivity index (χ2n) is 7.47. The van der Waals surface area contributed by atoms with Gasteiger partial charge in [-0.15, -0.1) is 0 Å². The lowest BCUT2D eigenvalue weighted by molar-refractivity contribution is 0.415. The van der Waals surface area contributed by atoms with Crippen LogP contribution in [0.2, 0.25) is 21.8 Å². The molecule has 6 heteroatoms. The lowest BCUT2D eigenvalue weighted by Gasteiger charge is -2.45. The van der Waals surface area contributed by atoms with Gasteiger partial charge in [-0.1, -0.05) is 53.1 Å². The first-order valence-electron chi connectivity index (χ1n) is 8.74. The van der Waals surface area contributed by atoms with Crippen molar-refractivity contribution in [2.24, 2.45) is 0 Å². The molecule has 0 aliphatic rings. The van der Waals surface area contributed by atoms with E-state index in [0.717, 1.165) is 11.3 Å². The zero-order valence-corrected chi connectivity index (χ0v) is 20.0. The summed E-state index contributed by atoms with van der Waals surface area (Å²) in [5.74, 6) is 0.773. The summed E-state index contributed by atoms with van der Waals surface area (Å²) < 4.78 is 9.44. The van der Waals surface area contributed by atoms with Gasteiger partial charge in [-0.05, 0) is 45.3 Å². The van der Waals surface area contributed by atoms with E-state index in [0.29, 0.717) is 21.8 Å². The summed E-state index contributed by atoms with van der Waals surface area (Å²) in [5.41, 5.74) is 4.03. The highest BCUT2D eigenvalue weighted by molar-refractivity contribution is 14.1. The quantitative estimate of drug-likeness (QED) is 0.252. The first kappa shape index (κ1) is 20.8. The van der Waals surface area contributed by atoms with Gasteiger partial charge in [-0.3, -0.25) is 0 Å². The molecular formula is C19H28ClIN2OSi. The third kappa shape index (κ3) is 3.65. The highest BCUT2D eigenvalue weighted by atomic mass is 127. The molecule has 0 saturated carbocycles. The van der Waals surface area contributed by atoms with Gasteiger partial charge in [0.15, 0.2) is 8.24 Å². The number of ether oxygens (including phenoxy) is 1. The van der Waals surface area contributed by atoms with Crippen molar-refractivity contribution in [3.05, 3.63) is 33.2 Å². The van der Waals surface area contributed by atoms with Crippen LogP contribution in [0.4, 0.5) is 0 Å². The van der Waals surface area contributed by atoms with Crippen LogP contribution in [0, 0.1) is 3.57 Å². The molecule has 0 radical (unpaired) electrons. The summed E-state index contributed by atoms with van der Waals surface area (Å²) in [6.07, 6.45) is 4.15. The first-order chi connectivity index (χ1) is 11.7. The first-order valence-corrected chi connectivity index (χ1v) is 12.4. The Balaban J connectivity index is 2.81. The van der Waals surface area contributed by atoms with E-state index in [4.69, 9.17) is 16.3 Å². The van der Waals surface area contributed by atoms with Crippen LogP contribution < -0.4 is 4.74 Å². The number of pyridine rings is 1. The molecule has 2 aromatic rings. The monoisotopic (exact) mass is 490 g/mol. The van der Waals surface area contributed by atoms with Gasteiger partial charge >= 0.3 is 0 Å². The lowest BCUT2D eigenvalue weighted by Crippen LogP contribution is -2.52. The Bertz CT molecular complexity index is 721. The fourth-order valence-corrected chi connectivity index (χ4v) is 12.2. The van der Waals surface area contributed by atoms with Gasteiger partial charge in [-0.2, -0.15) is 0 Å². The van der Waals surface area contributed by atoms with E-state index in [1.807, 2.05) is 6.20 Å². The molecule has 0 unspecified atom stereocenters. The fourth-order valence-electron chi connectivity index (χ4n) is 4.57. The number of hydrogen-bond acceptors (Lipinski definition) is 2. The molecule has 0 saturated heterocycles. The summed E-state index contributed by atoms with van der Waals surface area (Å²) in [6.45, 7) is 14.3. The van der Waals surface area contributed by atoms with Crippen molar-refractivity contribution in [1.82, 2.24) is 9.22 Å². The van der Waals surface area contributed by atoms with Crippen molar-refractivity contribution >= 4 is 42.4 Å². The molecular weight excluding hydrogens is 463 g/mol. The molecule has 3 nitrogen and oxygen atoms in total. The Labute approximate surface area is 171 Å². The highest BCUT2D eigenvalue weighted by Crippen LogP contribution is 2.46. The van der Waals surface area contributed by atoms with Gasteiger partial charge < -0.3 is 8.97 Å². The van der Waals surface area contributed by atoms with Crippen LogP contribution in [0.15, 0.2) is 24.5 Å². The molecule has 138 valence electrons. The Morgan fingerprint density at radius 1 is 1.08 bits per heavy atom. The van der Waals surface area contributed by atoms with Crippen LogP contribution >= 0.6 is 34.2 Å². The van der Waals surface area contributed by atoms with Crippen LogP contribution in [0.3, 0.4) is 0 Å². The Morgan fingerprint density at radius 3 is 2.12 bits per heavy atom. The average Bonchev–Trinajstić information content (AvgIpc) is 2.88. The van der Waals surface area contributed by atoms with Crippen molar-refractivity contribution in [2.75, 3.05) is 7.11 Å². The van der Waals surface area contributed by atoms with Crippen LogP contribution in [-0.4, -0.2) is 24.6 Å². The summed E-state index contributed by atoms with van der Waals surface area (Å²) in [5, 5.41) is 0.452. The van der Waals surface area contributed by atoms with Crippen molar-refractivity contribution < 1.29 is 4.74 Å². The molecule has 2 heterocycles. The molecule has 0 aliphatic heterocycles. The third-order valence-corrected chi connectivity index (χ3v) is 12.9. The molecule has 0 N–H and O–H groups in total. The number of halogens is 2. The molecule has 2 aromatic heterocycles. The van der Waals surface area contributed by atoms with Crippen molar-refractivity contribution in [3.8, 4) is 17.0 Å². The molecule has 0 spiro atoms. The molecule has 0 atom stereocenters. The van der Waals surface area contributed by atoms with Crippen LogP contribution in [-0.2, 0) is 0 Å². The molecule has 2 rings (SSSR count). The topological polar surface area (TPSA) is 27.1 Å². The van der Waals surface area contributed by atoms with Gasteiger partial charge in [0.25, 0.3) is 0 Å². The van der Waals surface area contributed by atoms with Gasteiger partial charge in [0, 0.05) is 27.7 Å². The van der Waals surface area contributed by atoms with Gasteiger partial charge in [0.05, 0.1) is 12.7 Å². The van der Waals surface area contributed by atoms with Crippen molar-refractivity contribution in [2.45, 2.75) is 58.2 Å². The lowest BCUT2D eigenvalue weighted by atomic mass is 10.2. The zero-order chi connectivity index (χ0) is 18.9. The molecule has 0 aliphatic carbocycles.